The lowest BCUT2D eigenvalue weighted by Gasteiger charge is -2.19. The van der Waals surface area contributed by atoms with Gasteiger partial charge in [-0.3, -0.25) is 19.4 Å². The summed E-state index contributed by atoms with van der Waals surface area (Å²) in [7, 11) is 0. The molecule has 0 bridgehead atoms. The predicted molar refractivity (Wildman–Crippen MR) is 128 cm³/mol. The van der Waals surface area contributed by atoms with Crippen LogP contribution in [0.15, 0.2) is 30.5 Å². The molecule has 0 fully saturated rings. The molecule has 0 aliphatic rings. The lowest BCUT2D eigenvalue weighted by Crippen LogP contribution is -2.32. The molecule has 12 heteroatoms. The van der Waals surface area contributed by atoms with Crippen LogP contribution in [0, 0.1) is 6.92 Å². The van der Waals surface area contributed by atoms with Gasteiger partial charge in [-0.1, -0.05) is 12.2 Å². The molecule has 0 aliphatic heterocycles. The first-order valence-electron chi connectivity index (χ1n) is 11.1. The zero-order valence-corrected chi connectivity index (χ0v) is 20.3. The highest BCUT2D eigenvalue weighted by Gasteiger charge is 2.19. The first kappa shape index (κ1) is 25.4. The highest BCUT2D eigenvalue weighted by molar-refractivity contribution is 6.03. The minimum absolute atomic E-state index is 0.0168. The summed E-state index contributed by atoms with van der Waals surface area (Å²) < 4.78 is 8.42. The number of imidazole rings is 1. The van der Waals surface area contributed by atoms with Crippen molar-refractivity contribution >= 4 is 35.1 Å². The molecule has 0 aromatic carbocycles. The molecule has 3 heterocycles. The smallest absolute Gasteiger partial charge is 0.407 e. The monoisotopic (exact) mass is 483 g/mol. The molecule has 0 saturated carbocycles. The number of carboxylic acids is 1. The number of allylic oxidation sites excluding steroid dienone is 1. The van der Waals surface area contributed by atoms with Crippen LogP contribution >= 0.6 is 0 Å². The maximum absolute atomic E-state index is 13.0. The number of carboxylic acid groups (broad SMARTS) is 1. The minimum Gasteiger partial charge on any atom is -0.478 e. The third-order valence-electron chi connectivity index (χ3n) is 4.71. The number of carbonyl (C=O) groups excluding carboxylic acids is 2. The van der Waals surface area contributed by atoms with Crippen LogP contribution in [0.4, 0.5) is 10.7 Å². The molecule has 186 valence electrons. The Bertz CT molecular complexity index is 1280. The Morgan fingerprint density at radius 3 is 2.60 bits per heavy atom. The molecule has 3 rings (SSSR count). The van der Waals surface area contributed by atoms with Crippen LogP contribution in [0.25, 0.3) is 11.2 Å². The van der Waals surface area contributed by atoms with Crippen molar-refractivity contribution in [2.75, 3.05) is 11.9 Å². The van der Waals surface area contributed by atoms with E-state index in [2.05, 4.69) is 25.7 Å². The van der Waals surface area contributed by atoms with Crippen molar-refractivity contribution < 1.29 is 24.2 Å². The third kappa shape index (κ3) is 6.43. The van der Waals surface area contributed by atoms with E-state index in [1.807, 2.05) is 6.92 Å². The SMILES string of the molecule is CCn1nc(C)cc1C(=O)Nc1nc2cc(C(=O)O)cnc2n1C/C=C/CNC(=O)OC(C)(C)C. The normalized spacial score (nSPS) is 11.7. The van der Waals surface area contributed by atoms with E-state index in [4.69, 9.17) is 4.74 Å². The van der Waals surface area contributed by atoms with Gasteiger partial charge >= 0.3 is 12.1 Å². The summed E-state index contributed by atoms with van der Waals surface area (Å²) in [5.41, 5.74) is 1.19. The quantitative estimate of drug-likeness (QED) is 0.413. The fourth-order valence-corrected chi connectivity index (χ4v) is 3.25. The third-order valence-corrected chi connectivity index (χ3v) is 4.71. The first-order chi connectivity index (χ1) is 16.5. The lowest BCUT2D eigenvalue weighted by molar-refractivity contribution is 0.0533. The molecule has 0 aliphatic carbocycles. The number of amides is 2. The van der Waals surface area contributed by atoms with Gasteiger partial charge in [0.05, 0.1) is 11.3 Å². The van der Waals surface area contributed by atoms with Crippen LogP contribution in [0.2, 0.25) is 0 Å². The van der Waals surface area contributed by atoms with Gasteiger partial charge in [-0.2, -0.15) is 5.10 Å². The molecule has 12 nitrogen and oxygen atoms in total. The van der Waals surface area contributed by atoms with Crippen molar-refractivity contribution in [3.63, 3.8) is 0 Å². The van der Waals surface area contributed by atoms with Crippen molar-refractivity contribution in [3.05, 3.63) is 47.4 Å². The number of aromatic carboxylic acids is 1. The average Bonchev–Trinajstić information content (AvgIpc) is 3.31. The van der Waals surface area contributed by atoms with E-state index >= 15 is 0 Å². The van der Waals surface area contributed by atoms with Crippen molar-refractivity contribution in [3.8, 4) is 0 Å². The van der Waals surface area contributed by atoms with E-state index in [9.17, 15) is 19.5 Å². The van der Waals surface area contributed by atoms with Crippen LogP contribution < -0.4 is 10.6 Å². The molecule has 0 atom stereocenters. The van der Waals surface area contributed by atoms with Gasteiger partial charge in [0.2, 0.25) is 5.95 Å². The molecule has 0 unspecified atom stereocenters. The van der Waals surface area contributed by atoms with E-state index in [0.717, 1.165) is 0 Å². The van der Waals surface area contributed by atoms with Gasteiger partial charge in [0.1, 0.15) is 16.8 Å². The zero-order chi connectivity index (χ0) is 25.8. The van der Waals surface area contributed by atoms with E-state index in [1.54, 1.807) is 55.2 Å². The number of anilines is 1. The molecule has 35 heavy (non-hydrogen) atoms. The fraction of sp³-hybridized carbons (Fsp3) is 0.391. The number of rotatable bonds is 8. The molecule has 3 N–H and O–H groups in total. The summed E-state index contributed by atoms with van der Waals surface area (Å²) in [5.74, 6) is -1.33. The highest BCUT2D eigenvalue weighted by Crippen LogP contribution is 2.20. The Balaban J connectivity index is 1.83. The molecule has 3 aromatic heterocycles. The van der Waals surface area contributed by atoms with E-state index < -0.39 is 23.6 Å². The number of hydrogen-bond acceptors (Lipinski definition) is 7. The Labute approximate surface area is 202 Å². The number of nitrogens with one attached hydrogen (secondary N) is 2. The predicted octanol–water partition coefficient (Wildman–Crippen LogP) is 2.99. The second-order valence-corrected chi connectivity index (χ2v) is 8.71. The number of fused-ring (bicyclic) bond motifs is 1. The van der Waals surface area contributed by atoms with Crippen molar-refractivity contribution in [2.45, 2.75) is 53.3 Å². The number of ether oxygens (including phenoxy) is 1. The number of aryl methyl sites for hydroxylation is 2. The number of aromatic nitrogens is 5. The van der Waals surface area contributed by atoms with Gasteiger partial charge in [-0.15, -0.1) is 0 Å². The Morgan fingerprint density at radius 1 is 1.20 bits per heavy atom. The van der Waals surface area contributed by atoms with Crippen molar-refractivity contribution in [2.24, 2.45) is 0 Å². The second kappa shape index (κ2) is 10.4. The highest BCUT2D eigenvalue weighted by atomic mass is 16.6. The van der Waals surface area contributed by atoms with Crippen LogP contribution in [0.3, 0.4) is 0 Å². The molecular weight excluding hydrogens is 454 g/mol. The summed E-state index contributed by atoms with van der Waals surface area (Å²) in [4.78, 5) is 44.7. The van der Waals surface area contributed by atoms with Gasteiger partial charge in [-0.25, -0.2) is 19.6 Å². The zero-order valence-electron chi connectivity index (χ0n) is 20.3. The number of pyridine rings is 1. The fourth-order valence-electron chi connectivity index (χ4n) is 3.25. The summed E-state index contributed by atoms with van der Waals surface area (Å²) in [6.07, 6.45) is 4.19. The molecule has 3 aromatic rings. The van der Waals surface area contributed by atoms with E-state index in [1.165, 1.54) is 12.3 Å². The van der Waals surface area contributed by atoms with E-state index in [-0.39, 0.29) is 24.6 Å². The van der Waals surface area contributed by atoms with E-state index in [0.29, 0.717) is 29.1 Å². The van der Waals surface area contributed by atoms with Crippen LogP contribution in [-0.4, -0.2) is 59.5 Å². The molecule has 2 amide bonds. The summed E-state index contributed by atoms with van der Waals surface area (Å²) in [6, 6.07) is 3.07. The summed E-state index contributed by atoms with van der Waals surface area (Å²) >= 11 is 0. The van der Waals surface area contributed by atoms with Gasteiger partial charge in [0.25, 0.3) is 5.91 Å². The number of hydrogen-bond donors (Lipinski definition) is 3. The summed E-state index contributed by atoms with van der Waals surface area (Å²) in [6.45, 7) is 10.0. The van der Waals surface area contributed by atoms with Gasteiger partial charge in [0, 0.05) is 25.8 Å². The second-order valence-electron chi connectivity index (χ2n) is 8.71. The molecule has 0 radical (unpaired) electrons. The maximum Gasteiger partial charge on any atom is 0.407 e. The van der Waals surface area contributed by atoms with Crippen molar-refractivity contribution in [1.82, 2.24) is 29.6 Å². The molecular formula is C23H29N7O5. The minimum atomic E-state index is -1.13. The van der Waals surface area contributed by atoms with Gasteiger partial charge in [0.15, 0.2) is 5.65 Å². The summed E-state index contributed by atoms with van der Waals surface area (Å²) in [5, 5.41) is 19.0. The molecule has 0 saturated heterocycles. The Hall–Kier alpha value is -4.22. The maximum atomic E-state index is 13.0. The Morgan fingerprint density at radius 2 is 1.94 bits per heavy atom. The first-order valence-corrected chi connectivity index (χ1v) is 11.1. The Kier molecular flexibility index (Phi) is 7.52. The number of alkyl carbamates (subject to hydrolysis) is 1. The van der Waals surface area contributed by atoms with Crippen LogP contribution in [-0.2, 0) is 17.8 Å². The number of carbonyl (C=O) groups is 3. The van der Waals surface area contributed by atoms with Gasteiger partial charge < -0.3 is 15.2 Å². The lowest BCUT2D eigenvalue weighted by atomic mass is 10.2. The topological polar surface area (TPSA) is 153 Å². The largest absolute Gasteiger partial charge is 0.478 e. The van der Waals surface area contributed by atoms with Crippen LogP contribution in [0.5, 0.6) is 0 Å². The van der Waals surface area contributed by atoms with Crippen LogP contribution in [0.1, 0.15) is 54.2 Å². The number of nitrogens with zero attached hydrogens (tertiary/aromatic N) is 5. The average molecular weight is 484 g/mol. The standard InChI is InChI=1S/C23H29N7O5/c1-6-30-17(11-14(2)28-30)19(31)27-21-26-16-12-15(20(32)33)13-25-18(16)29(21)10-8-7-9-24-22(34)35-23(3,4)5/h7-8,11-13H,6,9-10H2,1-5H3,(H,24,34)(H,32,33)(H,26,27,31)/b8-7+. The van der Waals surface area contributed by atoms with Crippen molar-refractivity contribution in [1.29, 1.82) is 0 Å². The molecule has 0 spiro atoms. The van der Waals surface area contributed by atoms with Gasteiger partial charge in [-0.05, 0) is 46.8 Å².